The van der Waals surface area contributed by atoms with Crippen molar-refractivity contribution in [3.8, 4) is 11.5 Å². The molecule has 0 radical (unpaired) electrons. The third kappa shape index (κ3) is 5.47. The zero-order chi connectivity index (χ0) is 19.1. The first-order valence-corrected chi connectivity index (χ1v) is 9.56. The van der Waals surface area contributed by atoms with Gasteiger partial charge in [0.15, 0.2) is 0 Å². The standard InChI is InChI=1S/C22H21BrFNO2/c1-2-26-19-10-8-18(9-11-19)25-14-16-7-12-22(20(23)13-16)27-15-17-5-3-4-6-21(17)24/h3-13,25H,2,14-15H2,1H3. The van der Waals surface area contributed by atoms with Crippen molar-refractivity contribution in [3.05, 3.63) is 88.1 Å². The van der Waals surface area contributed by atoms with E-state index >= 15 is 0 Å². The maximum absolute atomic E-state index is 13.7. The Morgan fingerprint density at radius 3 is 2.44 bits per heavy atom. The van der Waals surface area contributed by atoms with Crippen LogP contribution in [0, 0.1) is 5.82 Å². The second kappa shape index (κ2) is 9.42. The third-order valence-corrected chi connectivity index (χ3v) is 4.62. The molecule has 0 spiro atoms. The highest BCUT2D eigenvalue weighted by Gasteiger charge is 2.06. The number of benzene rings is 3. The number of hydrogen-bond acceptors (Lipinski definition) is 3. The molecule has 27 heavy (non-hydrogen) atoms. The number of rotatable bonds is 8. The van der Waals surface area contributed by atoms with Crippen LogP contribution in [-0.2, 0) is 13.2 Å². The molecule has 0 aliphatic heterocycles. The summed E-state index contributed by atoms with van der Waals surface area (Å²) < 4.78 is 25.7. The van der Waals surface area contributed by atoms with E-state index in [-0.39, 0.29) is 12.4 Å². The molecule has 3 aromatic carbocycles. The van der Waals surface area contributed by atoms with Crippen LogP contribution in [0.15, 0.2) is 71.2 Å². The fourth-order valence-corrected chi connectivity index (χ4v) is 3.12. The third-order valence-electron chi connectivity index (χ3n) is 4.00. The van der Waals surface area contributed by atoms with Crippen molar-refractivity contribution < 1.29 is 13.9 Å². The smallest absolute Gasteiger partial charge is 0.134 e. The van der Waals surface area contributed by atoms with E-state index in [0.717, 1.165) is 21.5 Å². The zero-order valence-corrected chi connectivity index (χ0v) is 16.6. The molecular formula is C22H21BrFNO2. The van der Waals surface area contributed by atoms with Gasteiger partial charge in [0.2, 0.25) is 0 Å². The fourth-order valence-electron chi connectivity index (χ4n) is 2.58. The van der Waals surface area contributed by atoms with E-state index in [9.17, 15) is 4.39 Å². The number of hydrogen-bond donors (Lipinski definition) is 1. The predicted octanol–water partition coefficient (Wildman–Crippen LogP) is 6.18. The summed E-state index contributed by atoms with van der Waals surface area (Å²) in [6.07, 6.45) is 0. The maximum Gasteiger partial charge on any atom is 0.134 e. The van der Waals surface area contributed by atoms with Crippen LogP contribution in [0.1, 0.15) is 18.1 Å². The van der Waals surface area contributed by atoms with Crippen molar-refractivity contribution >= 4 is 21.6 Å². The molecule has 0 aromatic heterocycles. The normalized spacial score (nSPS) is 10.5. The summed E-state index contributed by atoms with van der Waals surface area (Å²) in [6, 6.07) is 20.4. The number of nitrogens with one attached hydrogen (secondary N) is 1. The lowest BCUT2D eigenvalue weighted by molar-refractivity contribution is 0.298. The van der Waals surface area contributed by atoms with Gasteiger partial charge in [0.05, 0.1) is 11.1 Å². The van der Waals surface area contributed by atoms with Gasteiger partial charge in [-0.1, -0.05) is 24.3 Å². The van der Waals surface area contributed by atoms with E-state index in [1.807, 2.05) is 49.4 Å². The van der Waals surface area contributed by atoms with E-state index < -0.39 is 0 Å². The van der Waals surface area contributed by atoms with Gasteiger partial charge >= 0.3 is 0 Å². The van der Waals surface area contributed by atoms with Crippen LogP contribution in [0.3, 0.4) is 0 Å². The molecule has 3 rings (SSSR count). The van der Waals surface area contributed by atoms with Crippen LogP contribution in [0.25, 0.3) is 0 Å². The van der Waals surface area contributed by atoms with Crippen LogP contribution in [-0.4, -0.2) is 6.61 Å². The van der Waals surface area contributed by atoms with Gasteiger partial charge in [-0.3, -0.25) is 0 Å². The first kappa shape index (κ1) is 19.2. The van der Waals surface area contributed by atoms with Gasteiger partial charge < -0.3 is 14.8 Å². The van der Waals surface area contributed by atoms with Gasteiger partial charge in [-0.05, 0) is 70.9 Å². The van der Waals surface area contributed by atoms with Crippen LogP contribution >= 0.6 is 15.9 Å². The summed E-state index contributed by atoms with van der Waals surface area (Å²) in [5.74, 6) is 1.29. The lowest BCUT2D eigenvalue weighted by atomic mass is 10.2. The molecule has 0 unspecified atom stereocenters. The second-order valence-electron chi connectivity index (χ2n) is 5.96. The summed E-state index contributed by atoms with van der Waals surface area (Å²) in [7, 11) is 0. The van der Waals surface area contributed by atoms with Gasteiger partial charge in [0.1, 0.15) is 23.9 Å². The Bertz CT molecular complexity index is 884. The minimum atomic E-state index is -0.259. The maximum atomic E-state index is 13.7. The van der Waals surface area contributed by atoms with Crippen LogP contribution in [0.2, 0.25) is 0 Å². The summed E-state index contributed by atoms with van der Waals surface area (Å²) in [5, 5.41) is 3.38. The lowest BCUT2D eigenvalue weighted by Crippen LogP contribution is -2.01. The fraction of sp³-hybridized carbons (Fsp3) is 0.182. The van der Waals surface area contributed by atoms with Gasteiger partial charge in [-0.25, -0.2) is 4.39 Å². The lowest BCUT2D eigenvalue weighted by Gasteiger charge is -2.12. The minimum absolute atomic E-state index is 0.190. The SMILES string of the molecule is CCOc1ccc(NCc2ccc(OCc3ccccc3F)c(Br)c2)cc1. The van der Waals surface area contributed by atoms with Crippen molar-refractivity contribution in [2.45, 2.75) is 20.1 Å². The zero-order valence-electron chi connectivity index (χ0n) is 15.0. The monoisotopic (exact) mass is 429 g/mol. The van der Waals surface area contributed by atoms with Crippen LogP contribution in [0.5, 0.6) is 11.5 Å². The molecule has 1 N–H and O–H groups in total. The Labute approximate surface area is 167 Å². The molecule has 0 amide bonds. The van der Waals surface area contributed by atoms with E-state index in [4.69, 9.17) is 9.47 Å². The molecule has 0 aliphatic rings. The predicted molar refractivity (Wildman–Crippen MR) is 110 cm³/mol. The summed E-state index contributed by atoms with van der Waals surface area (Å²) in [4.78, 5) is 0. The highest BCUT2D eigenvalue weighted by Crippen LogP contribution is 2.27. The molecule has 140 valence electrons. The molecule has 3 aromatic rings. The Balaban J connectivity index is 1.57. The van der Waals surface area contributed by atoms with E-state index in [0.29, 0.717) is 24.5 Å². The average Bonchev–Trinajstić information content (AvgIpc) is 2.68. The van der Waals surface area contributed by atoms with Gasteiger partial charge in [-0.2, -0.15) is 0 Å². The number of halogens is 2. The molecule has 0 saturated carbocycles. The highest BCUT2D eigenvalue weighted by molar-refractivity contribution is 9.10. The Hall–Kier alpha value is -2.53. The summed E-state index contributed by atoms with van der Waals surface area (Å²) in [5.41, 5.74) is 2.66. The van der Waals surface area contributed by atoms with Gasteiger partial charge in [0.25, 0.3) is 0 Å². The van der Waals surface area contributed by atoms with Crippen molar-refractivity contribution in [1.82, 2.24) is 0 Å². The molecule has 3 nitrogen and oxygen atoms in total. The van der Waals surface area contributed by atoms with E-state index in [1.54, 1.807) is 18.2 Å². The van der Waals surface area contributed by atoms with Gasteiger partial charge in [0, 0.05) is 17.8 Å². The molecule has 0 saturated heterocycles. The van der Waals surface area contributed by atoms with Crippen molar-refractivity contribution in [2.24, 2.45) is 0 Å². The van der Waals surface area contributed by atoms with Gasteiger partial charge in [-0.15, -0.1) is 0 Å². The molecule has 5 heteroatoms. The molecule has 0 atom stereocenters. The first-order valence-electron chi connectivity index (χ1n) is 8.77. The van der Waals surface area contributed by atoms with E-state index in [2.05, 4.69) is 21.2 Å². The highest BCUT2D eigenvalue weighted by atomic mass is 79.9. The number of anilines is 1. The van der Waals surface area contributed by atoms with E-state index in [1.165, 1.54) is 6.07 Å². The molecule has 0 fully saturated rings. The topological polar surface area (TPSA) is 30.5 Å². The van der Waals surface area contributed by atoms with Crippen LogP contribution < -0.4 is 14.8 Å². The molecule has 0 aliphatic carbocycles. The largest absolute Gasteiger partial charge is 0.494 e. The van der Waals surface area contributed by atoms with Crippen LogP contribution in [0.4, 0.5) is 10.1 Å². The molecule has 0 heterocycles. The van der Waals surface area contributed by atoms with Crippen molar-refractivity contribution in [3.63, 3.8) is 0 Å². The number of ether oxygens (including phenoxy) is 2. The Kier molecular flexibility index (Phi) is 6.71. The summed E-state index contributed by atoms with van der Waals surface area (Å²) >= 11 is 3.53. The quantitative estimate of drug-likeness (QED) is 0.463. The molecular weight excluding hydrogens is 409 g/mol. The summed E-state index contributed by atoms with van der Waals surface area (Å²) in [6.45, 7) is 3.50. The first-order chi connectivity index (χ1) is 13.2. The van der Waals surface area contributed by atoms with Crippen molar-refractivity contribution in [2.75, 3.05) is 11.9 Å². The Morgan fingerprint density at radius 2 is 1.74 bits per heavy atom. The molecule has 0 bridgehead atoms. The minimum Gasteiger partial charge on any atom is -0.494 e. The van der Waals surface area contributed by atoms with Crippen molar-refractivity contribution in [1.29, 1.82) is 0 Å². The second-order valence-corrected chi connectivity index (χ2v) is 6.81. The average molecular weight is 430 g/mol. The Morgan fingerprint density at radius 1 is 0.963 bits per heavy atom.